The zero-order valence-electron chi connectivity index (χ0n) is 28.8. The molecule has 252 valence electrons. The number of nitrogens with zero attached hydrogens (tertiary/aromatic N) is 4. The lowest BCUT2D eigenvalue weighted by Gasteiger charge is -2.09. The second-order valence-electron chi connectivity index (χ2n) is 13.5. The van der Waals surface area contributed by atoms with Gasteiger partial charge in [0.15, 0.2) is 23.1 Å². The third-order valence-corrected chi connectivity index (χ3v) is 11.3. The maximum absolute atomic E-state index is 6.49. The van der Waals surface area contributed by atoms with Crippen LogP contribution in [0.2, 0.25) is 0 Å². The van der Waals surface area contributed by atoms with Gasteiger partial charge in [0.05, 0.1) is 5.39 Å². The van der Waals surface area contributed by atoms with Gasteiger partial charge in [-0.3, -0.25) is 4.98 Å². The van der Waals surface area contributed by atoms with Crippen LogP contribution in [-0.4, -0.2) is 19.9 Å². The molecule has 7 aromatic carbocycles. The largest absolute Gasteiger partial charge is 0.454 e. The van der Waals surface area contributed by atoms with Gasteiger partial charge in [-0.05, 0) is 57.8 Å². The molecule has 0 radical (unpaired) electrons. The minimum absolute atomic E-state index is 0.568. The fraction of sp³-hybridized carbons (Fsp3) is 0. The zero-order valence-corrected chi connectivity index (χ0v) is 29.6. The van der Waals surface area contributed by atoms with Crippen LogP contribution < -0.4 is 0 Å². The summed E-state index contributed by atoms with van der Waals surface area (Å²) in [6.07, 6.45) is 1.92. The van der Waals surface area contributed by atoms with Gasteiger partial charge in [0.1, 0.15) is 11.1 Å². The molecule has 0 spiro atoms. The highest BCUT2D eigenvalue weighted by Gasteiger charge is 2.19. The first kappa shape index (κ1) is 30.6. The molecule has 4 heterocycles. The molecule has 11 rings (SSSR count). The first-order valence-electron chi connectivity index (χ1n) is 17.9. The van der Waals surface area contributed by atoms with E-state index in [1.807, 2.05) is 54.7 Å². The molecule has 6 heteroatoms. The Balaban J connectivity index is 1.01. The van der Waals surface area contributed by atoms with E-state index in [0.29, 0.717) is 23.1 Å². The number of furan rings is 1. The van der Waals surface area contributed by atoms with Crippen molar-refractivity contribution in [2.24, 2.45) is 0 Å². The molecule has 0 aliphatic heterocycles. The van der Waals surface area contributed by atoms with Gasteiger partial charge < -0.3 is 4.42 Å². The zero-order chi connectivity index (χ0) is 35.6. The number of hydrogen-bond donors (Lipinski definition) is 0. The standard InChI is InChI=1S/C48H28N4OS/c1-2-10-32(11-3-1)46-50-47(35-23-24-38-37-13-6-7-16-42(37)54-43(38)27-35)52-48(51-46)39-14-8-15-40-44(39)45-41(53-40)26-36(28-49-45)31-19-17-30(18-20-31)34-22-21-29-9-4-5-12-33(29)25-34/h1-28H. The van der Waals surface area contributed by atoms with Crippen molar-refractivity contribution in [1.29, 1.82) is 0 Å². The van der Waals surface area contributed by atoms with E-state index in [-0.39, 0.29) is 0 Å². The van der Waals surface area contributed by atoms with Gasteiger partial charge in [-0.1, -0.05) is 133 Å². The average Bonchev–Trinajstić information content (AvgIpc) is 3.81. The summed E-state index contributed by atoms with van der Waals surface area (Å²) in [5, 5.41) is 5.84. The molecule has 0 atom stereocenters. The quantitative estimate of drug-likeness (QED) is 0.178. The first-order chi connectivity index (χ1) is 26.7. The van der Waals surface area contributed by atoms with Gasteiger partial charge in [-0.15, -0.1) is 11.3 Å². The predicted octanol–water partition coefficient (Wildman–Crippen LogP) is 13.0. The number of benzene rings is 7. The highest BCUT2D eigenvalue weighted by atomic mass is 32.1. The summed E-state index contributed by atoms with van der Waals surface area (Å²) in [4.78, 5) is 20.2. The van der Waals surface area contributed by atoms with Crippen LogP contribution in [0.3, 0.4) is 0 Å². The Labute approximate surface area is 313 Å². The van der Waals surface area contributed by atoms with Crippen LogP contribution >= 0.6 is 11.3 Å². The van der Waals surface area contributed by atoms with E-state index in [0.717, 1.165) is 44.3 Å². The molecule has 0 N–H and O–H groups in total. The number of pyridine rings is 1. The summed E-state index contributed by atoms with van der Waals surface area (Å²) in [5.41, 5.74) is 9.33. The van der Waals surface area contributed by atoms with Gasteiger partial charge in [0.25, 0.3) is 0 Å². The molecule has 0 fully saturated rings. The highest BCUT2D eigenvalue weighted by Crippen LogP contribution is 2.39. The Hall–Kier alpha value is -7.02. The molecule has 0 unspecified atom stereocenters. The Kier molecular flexibility index (Phi) is 6.97. The summed E-state index contributed by atoms with van der Waals surface area (Å²) >= 11 is 1.78. The second-order valence-corrected chi connectivity index (χ2v) is 14.6. The monoisotopic (exact) mass is 708 g/mol. The molecule has 0 saturated heterocycles. The van der Waals surface area contributed by atoms with Crippen LogP contribution in [0.25, 0.3) is 109 Å². The summed E-state index contributed by atoms with van der Waals surface area (Å²) < 4.78 is 8.94. The molecule has 0 aliphatic carbocycles. The number of thiophene rings is 1. The molecular weight excluding hydrogens is 681 g/mol. The Morgan fingerprint density at radius 3 is 1.96 bits per heavy atom. The summed E-state index contributed by atoms with van der Waals surface area (Å²) in [7, 11) is 0. The van der Waals surface area contributed by atoms with Gasteiger partial charge in [-0.2, -0.15) is 0 Å². The fourth-order valence-electron chi connectivity index (χ4n) is 7.46. The van der Waals surface area contributed by atoms with Crippen LogP contribution in [0.4, 0.5) is 0 Å². The minimum Gasteiger partial charge on any atom is -0.454 e. The normalized spacial score (nSPS) is 11.7. The van der Waals surface area contributed by atoms with Gasteiger partial charge in [-0.25, -0.2) is 15.0 Å². The number of fused-ring (bicyclic) bond motifs is 7. The predicted molar refractivity (Wildman–Crippen MR) is 222 cm³/mol. The van der Waals surface area contributed by atoms with Gasteiger partial charge in [0.2, 0.25) is 0 Å². The van der Waals surface area contributed by atoms with E-state index in [9.17, 15) is 0 Å². The van der Waals surface area contributed by atoms with Crippen molar-refractivity contribution in [2.45, 2.75) is 0 Å². The Bertz CT molecular complexity index is 3220. The van der Waals surface area contributed by atoms with Gasteiger partial charge in [0, 0.05) is 48.6 Å². The number of aromatic nitrogens is 4. The van der Waals surface area contributed by atoms with E-state index in [1.165, 1.54) is 42.1 Å². The Morgan fingerprint density at radius 1 is 0.407 bits per heavy atom. The Morgan fingerprint density at radius 2 is 1.09 bits per heavy atom. The van der Waals surface area contributed by atoms with Crippen molar-refractivity contribution < 1.29 is 4.42 Å². The summed E-state index contributed by atoms with van der Waals surface area (Å²) in [6.45, 7) is 0. The number of rotatable bonds is 5. The third kappa shape index (κ3) is 5.15. The maximum Gasteiger partial charge on any atom is 0.164 e. The smallest absolute Gasteiger partial charge is 0.164 e. The number of hydrogen-bond acceptors (Lipinski definition) is 6. The highest BCUT2D eigenvalue weighted by molar-refractivity contribution is 7.25. The van der Waals surface area contributed by atoms with Crippen molar-refractivity contribution >= 4 is 64.4 Å². The van der Waals surface area contributed by atoms with Crippen molar-refractivity contribution in [1.82, 2.24) is 19.9 Å². The van der Waals surface area contributed by atoms with E-state index in [1.54, 1.807) is 11.3 Å². The lowest BCUT2D eigenvalue weighted by atomic mass is 9.99. The average molecular weight is 709 g/mol. The van der Waals surface area contributed by atoms with E-state index in [4.69, 9.17) is 24.4 Å². The lowest BCUT2D eigenvalue weighted by Crippen LogP contribution is -2.00. The van der Waals surface area contributed by atoms with Crippen molar-refractivity contribution in [3.8, 4) is 56.4 Å². The second kappa shape index (κ2) is 12.3. The first-order valence-corrected chi connectivity index (χ1v) is 18.7. The molecule has 0 amide bonds. The van der Waals surface area contributed by atoms with Gasteiger partial charge >= 0.3 is 0 Å². The van der Waals surface area contributed by atoms with Crippen molar-refractivity contribution in [3.05, 3.63) is 170 Å². The van der Waals surface area contributed by atoms with Crippen LogP contribution in [0.5, 0.6) is 0 Å². The van der Waals surface area contributed by atoms with Crippen LogP contribution in [0.15, 0.2) is 174 Å². The molecule has 11 aromatic rings. The molecule has 4 aromatic heterocycles. The van der Waals surface area contributed by atoms with Crippen LogP contribution in [0, 0.1) is 0 Å². The molecular formula is C48H28N4OS. The topological polar surface area (TPSA) is 64.7 Å². The summed E-state index contributed by atoms with van der Waals surface area (Å²) in [6, 6.07) is 56.8. The summed E-state index contributed by atoms with van der Waals surface area (Å²) in [5.74, 6) is 1.79. The fourth-order valence-corrected chi connectivity index (χ4v) is 8.61. The van der Waals surface area contributed by atoms with E-state index in [2.05, 4.69) is 115 Å². The van der Waals surface area contributed by atoms with Crippen molar-refractivity contribution in [3.63, 3.8) is 0 Å². The SMILES string of the molecule is c1ccc(-c2nc(-c3ccc4c(c3)sc3ccccc34)nc(-c3cccc4oc5cc(-c6ccc(-c7ccc8ccccc8c7)cc6)cnc5c34)n2)cc1. The molecule has 54 heavy (non-hydrogen) atoms. The van der Waals surface area contributed by atoms with Crippen molar-refractivity contribution in [2.75, 3.05) is 0 Å². The molecule has 0 aliphatic rings. The van der Waals surface area contributed by atoms with Crippen LogP contribution in [0.1, 0.15) is 0 Å². The van der Waals surface area contributed by atoms with E-state index < -0.39 is 0 Å². The van der Waals surface area contributed by atoms with Crippen LogP contribution in [-0.2, 0) is 0 Å². The third-order valence-electron chi connectivity index (χ3n) is 10.2. The molecule has 0 bridgehead atoms. The lowest BCUT2D eigenvalue weighted by molar-refractivity contribution is 0.668. The molecule has 0 saturated carbocycles. The molecule has 5 nitrogen and oxygen atoms in total. The maximum atomic E-state index is 6.49. The minimum atomic E-state index is 0.568. The van der Waals surface area contributed by atoms with E-state index >= 15 is 0 Å².